The number of nitrogens with zero attached hydrogens (tertiary/aromatic N) is 4. The molecule has 0 unspecified atom stereocenters. The molecule has 3 saturated heterocycles. The Balaban J connectivity index is 1.32. The summed E-state index contributed by atoms with van der Waals surface area (Å²) in [5, 5.41) is 0.584. The second-order valence-electron chi connectivity index (χ2n) is 8.29. The van der Waals surface area contributed by atoms with Crippen LogP contribution in [0.25, 0.3) is 0 Å². The third kappa shape index (κ3) is 4.56. The van der Waals surface area contributed by atoms with Crippen molar-refractivity contribution in [3.8, 4) is 0 Å². The first kappa shape index (κ1) is 21.3. The van der Waals surface area contributed by atoms with Crippen LogP contribution in [-0.4, -0.2) is 82.8 Å². The second-order valence-corrected chi connectivity index (χ2v) is 8.29. The first-order valence-electron chi connectivity index (χ1n) is 10.9. The van der Waals surface area contributed by atoms with Gasteiger partial charge in [-0.25, -0.2) is 4.79 Å². The minimum Gasteiger partial charge on any atom is -0.339 e. The van der Waals surface area contributed by atoms with Gasteiger partial charge in [0.25, 0.3) is 17.7 Å². The molecular weight excluding hydrogens is 400 g/mol. The average molecular weight is 428 g/mol. The summed E-state index contributed by atoms with van der Waals surface area (Å²) in [6.45, 7) is 6.52. The standard InChI is InChI=1S/C22H28N4O5/c1-16-17(5-4-6-18(16)21(29)24-9-2-3-10-24)15-23-11-13-25(14-12-23)22(30)31-26-19(27)7-8-20(26)28/h4-6H,2-3,7-15H2,1H3. The fourth-order valence-electron chi connectivity index (χ4n) is 4.30. The average Bonchev–Trinajstić information content (AvgIpc) is 3.41. The fourth-order valence-corrected chi connectivity index (χ4v) is 4.30. The van der Waals surface area contributed by atoms with Crippen LogP contribution >= 0.6 is 0 Å². The van der Waals surface area contributed by atoms with Crippen molar-refractivity contribution in [2.45, 2.75) is 39.2 Å². The fraction of sp³-hybridized carbons (Fsp3) is 0.545. The Labute approximate surface area is 181 Å². The van der Waals surface area contributed by atoms with Gasteiger partial charge in [-0.2, -0.15) is 0 Å². The largest absolute Gasteiger partial charge is 0.434 e. The van der Waals surface area contributed by atoms with Crippen molar-refractivity contribution in [1.82, 2.24) is 19.8 Å². The van der Waals surface area contributed by atoms with E-state index in [1.165, 1.54) is 4.90 Å². The molecule has 4 rings (SSSR count). The molecule has 0 aliphatic carbocycles. The topological polar surface area (TPSA) is 90.5 Å². The van der Waals surface area contributed by atoms with Crippen molar-refractivity contribution in [1.29, 1.82) is 0 Å². The molecule has 3 heterocycles. The molecule has 3 aliphatic heterocycles. The van der Waals surface area contributed by atoms with E-state index >= 15 is 0 Å². The number of benzene rings is 1. The van der Waals surface area contributed by atoms with Gasteiger partial charge in [-0.3, -0.25) is 19.3 Å². The van der Waals surface area contributed by atoms with E-state index in [2.05, 4.69) is 4.90 Å². The first-order chi connectivity index (χ1) is 14.9. The smallest absolute Gasteiger partial charge is 0.339 e. The van der Waals surface area contributed by atoms with E-state index in [9.17, 15) is 19.2 Å². The molecular formula is C22H28N4O5. The van der Waals surface area contributed by atoms with Crippen molar-refractivity contribution < 1.29 is 24.0 Å². The molecule has 3 aliphatic rings. The summed E-state index contributed by atoms with van der Waals surface area (Å²) in [7, 11) is 0. The molecule has 1 aromatic carbocycles. The molecule has 9 heteroatoms. The highest BCUT2D eigenvalue weighted by Gasteiger charge is 2.35. The lowest BCUT2D eigenvalue weighted by molar-refractivity contribution is -0.174. The quantitative estimate of drug-likeness (QED) is 0.676. The van der Waals surface area contributed by atoms with Gasteiger partial charge < -0.3 is 14.6 Å². The lowest BCUT2D eigenvalue weighted by atomic mass is 10.0. The molecule has 166 valence electrons. The van der Waals surface area contributed by atoms with E-state index in [1.54, 1.807) is 0 Å². The predicted octanol–water partition coefficient (Wildman–Crippen LogP) is 1.55. The van der Waals surface area contributed by atoms with Crippen LogP contribution in [0.3, 0.4) is 0 Å². The number of likely N-dealkylation sites (tertiary alicyclic amines) is 1. The summed E-state index contributed by atoms with van der Waals surface area (Å²) in [5.74, 6) is -0.845. The molecule has 31 heavy (non-hydrogen) atoms. The first-order valence-corrected chi connectivity index (χ1v) is 10.9. The highest BCUT2D eigenvalue weighted by molar-refractivity contribution is 6.01. The minimum atomic E-state index is -0.669. The maximum Gasteiger partial charge on any atom is 0.434 e. The van der Waals surface area contributed by atoms with Gasteiger partial charge in [0, 0.05) is 64.2 Å². The van der Waals surface area contributed by atoms with E-state index in [0.29, 0.717) is 37.8 Å². The van der Waals surface area contributed by atoms with E-state index in [-0.39, 0.29) is 18.7 Å². The van der Waals surface area contributed by atoms with Crippen LogP contribution in [0.4, 0.5) is 4.79 Å². The molecule has 0 radical (unpaired) electrons. The van der Waals surface area contributed by atoms with E-state index < -0.39 is 17.9 Å². The molecule has 0 atom stereocenters. The van der Waals surface area contributed by atoms with Gasteiger partial charge >= 0.3 is 6.09 Å². The number of hydroxylamine groups is 2. The normalized spacial score (nSPS) is 20.0. The minimum absolute atomic E-state index is 0.0819. The number of rotatable bonds is 4. The highest BCUT2D eigenvalue weighted by Crippen LogP contribution is 2.21. The molecule has 0 bridgehead atoms. The zero-order valence-corrected chi connectivity index (χ0v) is 17.8. The Kier molecular flexibility index (Phi) is 6.22. The van der Waals surface area contributed by atoms with Gasteiger partial charge in [0.15, 0.2) is 0 Å². The summed E-state index contributed by atoms with van der Waals surface area (Å²) < 4.78 is 0. The van der Waals surface area contributed by atoms with E-state index in [0.717, 1.165) is 42.6 Å². The van der Waals surface area contributed by atoms with Gasteiger partial charge in [0.05, 0.1) is 0 Å². The van der Waals surface area contributed by atoms with Crippen molar-refractivity contribution in [2.75, 3.05) is 39.3 Å². The van der Waals surface area contributed by atoms with Gasteiger partial charge in [-0.15, -0.1) is 5.06 Å². The molecule has 0 aromatic heterocycles. The third-order valence-electron chi connectivity index (χ3n) is 6.27. The lowest BCUT2D eigenvalue weighted by Crippen LogP contribution is -2.50. The van der Waals surface area contributed by atoms with Crippen molar-refractivity contribution in [2.24, 2.45) is 0 Å². The van der Waals surface area contributed by atoms with Gasteiger partial charge in [-0.05, 0) is 37.0 Å². The van der Waals surface area contributed by atoms with Crippen LogP contribution in [0.2, 0.25) is 0 Å². The number of piperazine rings is 1. The molecule has 4 amide bonds. The van der Waals surface area contributed by atoms with Crippen LogP contribution in [0.15, 0.2) is 18.2 Å². The Bertz CT molecular complexity index is 872. The molecule has 1 aromatic rings. The number of carbonyl (C=O) groups is 4. The zero-order valence-electron chi connectivity index (χ0n) is 17.8. The lowest BCUT2D eigenvalue weighted by Gasteiger charge is -2.34. The van der Waals surface area contributed by atoms with Gasteiger partial charge in [0.1, 0.15) is 0 Å². The molecule has 0 saturated carbocycles. The highest BCUT2D eigenvalue weighted by atomic mass is 16.7. The number of hydrogen-bond acceptors (Lipinski definition) is 6. The van der Waals surface area contributed by atoms with Crippen molar-refractivity contribution in [3.63, 3.8) is 0 Å². The summed E-state index contributed by atoms with van der Waals surface area (Å²) in [4.78, 5) is 59.0. The number of hydrogen-bond donors (Lipinski definition) is 0. The third-order valence-corrected chi connectivity index (χ3v) is 6.27. The Morgan fingerprint density at radius 3 is 2.19 bits per heavy atom. The van der Waals surface area contributed by atoms with Crippen LogP contribution in [0.1, 0.15) is 47.2 Å². The molecule has 0 N–H and O–H groups in total. The van der Waals surface area contributed by atoms with Crippen molar-refractivity contribution >= 4 is 23.8 Å². The number of amides is 4. The summed E-state index contributed by atoms with van der Waals surface area (Å²) in [6, 6.07) is 5.87. The summed E-state index contributed by atoms with van der Waals surface area (Å²) in [5.41, 5.74) is 2.88. The van der Waals surface area contributed by atoms with Crippen molar-refractivity contribution in [3.05, 3.63) is 34.9 Å². The maximum atomic E-state index is 12.8. The Morgan fingerprint density at radius 2 is 1.55 bits per heavy atom. The maximum absolute atomic E-state index is 12.8. The molecule has 9 nitrogen and oxygen atoms in total. The van der Waals surface area contributed by atoms with Crippen LogP contribution in [-0.2, 0) is 21.0 Å². The summed E-state index contributed by atoms with van der Waals surface area (Å²) >= 11 is 0. The Morgan fingerprint density at radius 1 is 0.903 bits per heavy atom. The molecule has 3 fully saturated rings. The Hall–Kier alpha value is -2.94. The zero-order chi connectivity index (χ0) is 22.0. The van der Waals surface area contributed by atoms with Crippen LogP contribution in [0.5, 0.6) is 0 Å². The number of imide groups is 1. The van der Waals surface area contributed by atoms with Crippen LogP contribution < -0.4 is 0 Å². The monoisotopic (exact) mass is 428 g/mol. The van der Waals surface area contributed by atoms with Crippen LogP contribution in [0, 0.1) is 6.92 Å². The van der Waals surface area contributed by atoms with Gasteiger partial charge in [0.2, 0.25) is 0 Å². The second kappa shape index (κ2) is 9.05. The SMILES string of the molecule is Cc1c(CN2CCN(C(=O)ON3C(=O)CCC3=O)CC2)cccc1C(=O)N1CCCC1. The van der Waals surface area contributed by atoms with E-state index in [4.69, 9.17) is 4.84 Å². The summed E-state index contributed by atoms with van der Waals surface area (Å²) in [6.07, 6.45) is 1.63. The van der Waals surface area contributed by atoms with Gasteiger partial charge in [-0.1, -0.05) is 12.1 Å². The number of carbonyl (C=O) groups excluding carboxylic acids is 4. The molecule has 0 spiro atoms. The van der Waals surface area contributed by atoms with E-state index in [1.807, 2.05) is 30.0 Å². The predicted molar refractivity (Wildman–Crippen MR) is 111 cm³/mol.